The number of nitrogens with two attached hydrogens (primary N) is 1. The number of aryl methyl sites for hydroxylation is 1. The molecule has 0 saturated carbocycles. The molecule has 0 amide bonds. The minimum atomic E-state index is 0.379. The van der Waals surface area contributed by atoms with Gasteiger partial charge in [-0.25, -0.2) is 0 Å². The Morgan fingerprint density at radius 1 is 1.29 bits per heavy atom. The van der Waals surface area contributed by atoms with Gasteiger partial charge >= 0.3 is 0 Å². The summed E-state index contributed by atoms with van der Waals surface area (Å²) in [4.78, 5) is 4.28. The Hall–Kier alpha value is -2.16. The molecule has 1 aromatic carbocycles. The van der Waals surface area contributed by atoms with Crippen LogP contribution in [0.5, 0.6) is 0 Å². The maximum atomic E-state index is 8.80. The van der Waals surface area contributed by atoms with Gasteiger partial charge in [-0.15, -0.1) is 0 Å². The normalized spacial score (nSPS) is 12.0. The van der Waals surface area contributed by atoms with Gasteiger partial charge < -0.3 is 5.73 Å². The Labute approximate surface area is 146 Å². The molecule has 0 bridgehead atoms. The quantitative estimate of drug-likeness (QED) is 0.669. The van der Waals surface area contributed by atoms with Crippen LogP contribution in [0.4, 0.5) is 0 Å². The highest BCUT2D eigenvalue weighted by atomic mass is 14.7. The number of rotatable bonds is 7. The zero-order chi connectivity index (χ0) is 18.3. The van der Waals surface area contributed by atoms with Crippen LogP contribution in [0, 0.1) is 12.3 Å². The molecular weight excluding hydrogens is 294 g/mol. The van der Waals surface area contributed by atoms with E-state index in [0.717, 1.165) is 28.8 Å². The van der Waals surface area contributed by atoms with Crippen molar-refractivity contribution >= 4 is 11.9 Å². The third-order valence-corrected chi connectivity index (χ3v) is 4.04. The van der Waals surface area contributed by atoms with Crippen molar-refractivity contribution in [3.63, 3.8) is 0 Å². The van der Waals surface area contributed by atoms with E-state index in [9.17, 15) is 0 Å². The van der Waals surface area contributed by atoms with Crippen molar-refractivity contribution in [3.8, 4) is 0 Å². The molecule has 0 aromatic heterocycles. The molecule has 24 heavy (non-hydrogen) atoms. The lowest BCUT2D eigenvalue weighted by Gasteiger charge is -2.18. The van der Waals surface area contributed by atoms with Gasteiger partial charge in [-0.3, -0.25) is 10.4 Å². The van der Waals surface area contributed by atoms with Crippen molar-refractivity contribution in [3.05, 3.63) is 57.8 Å². The number of aliphatic imine (C=N–C) groups is 1. The second-order valence-corrected chi connectivity index (χ2v) is 6.65. The van der Waals surface area contributed by atoms with Gasteiger partial charge in [-0.2, -0.15) is 0 Å². The Morgan fingerprint density at radius 3 is 2.46 bits per heavy atom. The first-order valence-electron chi connectivity index (χ1n) is 8.58. The standard InChI is InChI=1S/C21H31N3/c1-7-24-13-17(12-22)11-20(15(4)5)21(23)18-9-8-16(6)10-19(18)14(2)3/h8-10,12-14,23H,7,11,22H2,1-6H3. The summed E-state index contributed by atoms with van der Waals surface area (Å²) in [6.07, 6.45) is 4.04. The Bertz CT molecular complexity index is 672. The summed E-state index contributed by atoms with van der Waals surface area (Å²) in [6.45, 7) is 13.3. The van der Waals surface area contributed by atoms with Crippen LogP contribution >= 0.6 is 0 Å². The molecule has 3 N–H and O–H groups in total. The first kappa shape index (κ1) is 19.9. The molecule has 0 aliphatic carbocycles. The molecule has 0 radical (unpaired) electrons. The van der Waals surface area contributed by atoms with Crippen LogP contribution < -0.4 is 5.73 Å². The van der Waals surface area contributed by atoms with E-state index >= 15 is 0 Å². The number of hydrogen-bond donors (Lipinski definition) is 2. The molecule has 3 nitrogen and oxygen atoms in total. The van der Waals surface area contributed by atoms with E-state index in [-0.39, 0.29) is 0 Å². The number of nitrogens with zero attached hydrogens (tertiary/aromatic N) is 1. The zero-order valence-electron chi connectivity index (χ0n) is 15.9. The fourth-order valence-electron chi connectivity index (χ4n) is 2.63. The number of benzene rings is 1. The maximum absolute atomic E-state index is 8.80. The first-order valence-corrected chi connectivity index (χ1v) is 8.58. The highest BCUT2D eigenvalue weighted by Crippen LogP contribution is 2.26. The van der Waals surface area contributed by atoms with E-state index in [4.69, 9.17) is 11.1 Å². The fourth-order valence-corrected chi connectivity index (χ4v) is 2.63. The van der Waals surface area contributed by atoms with Crippen LogP contribution in [0.2, 0.25) is 0 Å². The summed E-state index contributed by atoms with van der Waals surface area (Å²) in [5.74, 6) is 0.379. The lowest BCUT2D eigenvalue weighted by Crippen LogP contribution is -2.11. The van der Waals surface area contributed by atoms with Crippen molar-refractivity contribution in [2.75, 3.05) is 6.54 Å². The molecule has 1 rings (SSSR count). The number of allylic oxidation sites excluding steroid dienone is 3. The summed E-state index contributed by atoms with van der Waals surface area (Å²) >= 11 is 0. The highest BCUT2D eigenvalue weighted by Gasteiger charge is 2.16. The second kappa shape index (κ2) is 9.21. The molecule has 130 valence electrons. The first-order chi connectivity index (χ1) is 11.3. The third kappa shape index (κ3) is 5.19. The fraction of sp³-hybridized carbons (Fsp3) is 0.429. The van der Waals surface area contributed by atoms with Crippen LogP contribution in [-0.2, 0) is 0 Å². The predicted molar refractivity (Wildman–Crippen MR) is 106 cm³/mol. The summed E-state index contributed by atoms with van der Waals surface area (Å²) in [7, 11) is 0. The van der Waals surface area contributed by atoms with Gasteiger partial charge in [0.2, 0.25) is 0 Å². The molecule has 0 atom stereocenters. The Kier molecular flexibility index (Phi) is 7.63. The van der Waals surface area contributed by atoms with Crippen molar-refractivity contribution in [2.45, 2.75) is 53.9 Å². The maximum Gasteiger partial charge on any atom is 0.0649 e. The van der Waals surface area contributed by atoms with Gasteiger partial charge in [0.25, 0.3) is 0 Å². The number of hydrogen-bond acceptors (Lipinski definition) is 3. The van der Waals surface area contributed by atoms with Gasteiger partial charge in [0, 0.05) is 24.7 Å². The van der Waals surface area contributed by atoms with Crippen LogP contribution in [-0.4, -0.2) is 18.5 Å². The van der Waals surface area contributed by atoms with Crippen molar-refractivity contribution in [1.29, 1.82) is 5.41 Å². The monoisotopic (exact) mass is 325 g/mol. The molecule has 1 aromatic rings. The lowest BCUT2D eigenvalue weighted by atomic mass is 9.87. The molecule has 3 heteroatoms. The summed E-state index contributed by atoms with van der Waals surface area (Å²) in [5.41, 5.74) is 12.9. The van der Waals surface area contributed by atoms with Crippen LogP contribution in [0.3, 0.4) is 0 Å². The van der Waals surface area contributed by atoms with E-state index < -0.39 is 0 Å². The summed E-state index contributed by atoms with van der Waals surface area (Å²) < 4.78 is 0. The van der Waals surface area contributed by atoms with Gasteiger partial charge in [-0.05, 0) is 56.5 Å². The Balaban J connectivity index is 3.27. The third-order valence-electron chi connectivity index (χ3n) is 4.04. The second-order valence-electron chi connectivity index (χ2n) is 6.65. The molecule has 0 fully saturated rings. The summed E-state index contributed by atoms with van der Waals surface area (Å²) in [5, 5.41) is 8.80. The van der Waals surface area contributed by atoms with Crippen molar-refractivity contribution < 1.29 is 0 Å². The van der Waals surface area contributed by atoms with Crippen LogP contribution in [0.25, 0.3) is 0 Å². The van der Waals surface area contributed by atoms with E-state index in [1.165, 1.54) is 11.1 Å². The highest BCUT2D eigenvalue weighted by molar-refractivity contribution is 6.12. The number of nitrogens with one attached hydrogen (secondary N) is 1. The summed E-state index contributed by atoms with van der Waals surface area (Å²) in [6, 6.07) is 6.34. The van der Waals surface area contributed by atoms with Crippen LogP contribution in [0.1, 0.15) is 63.6 Å². The molecular formula is C21H31N3. The minimum Gasteiger partial charge on any atom is -0.404 e. The topological polar surface area (TPSA) is 62.2 Å². The zero-order valence-corrected chi connectivity index (χ0v) is 15.9. The lowest BCUT2D eigenvalue weighted by molar-refractivity contribution is 0.861. The molecule has 0 spiro atoms. The molecule has 0 saturated heterocycles. The van der Waals surface area contributed by atoms with E-state index in [0.29, 0.717) is 18.1 Å². The Morgan fingerprint density at radius 2 is 1.96 bits per heavy atom. The van der Waals surface area contributed by atoms with Crippen LogP contribution in [0.15, 0.2) is 46.1 Å². The molecule has 0 aliphatic rings. The van der Waals surface area contributed by atoms with E-state index in [2.05, 4.69) is 57.8 Å². The largest absolute Gasteiger partial charge is 0.404 e. The predicted octanol–water partition coefficient (Wildman–Crippen LogP) is 5.15. The van der Waals surface area contributed by atoms with Gasteiger partial charge in [0.15, 0.2) is 0 Å². The average molecular weight is 326 g/mol. The SMILES string of the molecule is CCN=CC(=CN)CC(C(=N)c1ccc(C)cc1C(C)C)=C(C)C. The molecule has 0 unspecified atom stereocenters. The van der Waals surface area contributed by atoms with E-state index in [1.807, 2.05) is 13.1 Å². The van der Waals surface area contributed by atoms with Crippen molar-refractivity contribution in [1.82, 2.24) is 0 Å². The van der Waals surface area contributed by atoms with Gasteiger partial charge in [0.05, 0.1) is 5.71 Å². The molecule has 0 heterocycles. The van der Waals surface area contributed by atoms with Gasteiger partial charge in [-0.1, -0.05) is 43.2 Å². The smallest absolute Gasteiger partial charge is 0.0649 e. The minimum absolute atomic E-state index is 0.379. The van der Waals surface area contributed by atoms with Crippen molar-refractivity contribution in [2.24, 2.45) is 10.7 Å². The molecule has 0 aliphatic heterocycles. The van der Waals surface area contributed by atoms with Gasteiger partial charge in [0.1, 0.15) is 0 Å². The van der Waals surface area contributed by atoms with E-state index in [1.54, 1.807) is 6.20 Å². The average Bonchev–Trinajstić information content (AvgIpc) is 2.54.